The van der Waals surface area contributed by atoms with Crippen molar-refractivity contribution < 1.29 is 19.4 Å². The van der Waals surface area contributed by atoms with E-state index in [9.17, 15) is 14.7 Å². The zero-order chi connectivity index (χ0) is 25.1. The number of morpholine rings is 1. The molecule has 0 aliphatic carbocycles. The SMILES string of the molecule is CC1CN([C@H]2CN(C(c3ccccc3)(c3ccccc3)c3ccccc3)C[C@@H](CO)O2)C(=O)NC1=O. The predicted octanol–water partition coefficient (Wildman–Crippen LogP) is 3.19. The number of imide groups is 1. The third-order valence-corrected chi connectivity index (χ3v) is 7.16. The Balaban J connectivity index is 1.66. The fourth-order valence-corrected chi connectivity index (χ4v) is 5.46. The number of amides is 3. The van der Waals surface area contributed by atoms with Crippen molar-refractivity contribution in [3.63, 3.8) is 0 Å². The van der Waals surface area contributed by atoms with E-state index >= 15 is 0 Å². The minimum absolute atomic E-state index is 0.189. The monoisotopic (exact) mass is 485 g/mol. The Hall–Kier alpha value is -3.52. The Labute approximate surface area is 211 Å². The van der Waals surface area contributed by atoms with E-state index in [1.54, 1.807) is 11.8 Å². The van der Waals surface area contributed by atoms with Crippen molar-refractivity contribution in [2.45, 2.75) is 24.8 Å². The molecule has 0 spiro atoms. The van der Waals surface area contributed by atoms with Crippen molar-refractivity contribution in [2.24, 2.45) is 5.92 Å². The zero-order valence-corrected chi connectivity index (χ0v) is 20.3. The lowest BCUT2D eigenvalue weighted by molar-refractivity contribution is -0.168. The number of benzene rings is 3. The first-order valence-electron chi connectivity index (χ1n) is 12.3. The molecule has 3 aromatic carbocycles. The Bertz CT molecular complexity index is 1090. The summed E-state index contributed by atoms with van der Waals surface area (Å²) in [7, 11) is 0. The summed E-state index contributed by atoms with van der Waals surface area (Å²) in [5.74, 6) is -0.633. The lowest BCUT2D eigenvalue weighted by atomic mass is 9.75. The van der Waals surface area contributed by atoms with Crippen LogP contribution < -0.4 is 5.32 Å². The van der Waals surface area contributed by atoms with E-state index in [4.69, 9.17) is 4.74 Å². The van der Waals surface area contributed by atoms with Gasteiger partial charge in [0.05, 0.1) is 24.2 Å². The lowest BCUT2D eigenvalue weighted by Gasteiger charge is -2.52. The van der Waals surface area contributed by atoms with Crippen LogP contribution in [-0.4, -0.2) is 65.4 Å². The molecule has 3 amide bonds. The lowest BCUT2D eigenvalue weighted by Crippen LogP contribution is -2.66. The molecule has 36 heavy (non-hydrogen) atoms. The third-order valence-electron chi connectivity index (χ3n) is 7.16. The van der Waals surface area contributed by atoms with Crippen LogP contribution >= 0.6 is 0 Å². The number of urea groups is 1. The normalized spacial score (nSPS) is 23.4. The molecule has 2 fully saturated rings. The second kappa shape index (κ2) is 10.2. The van der Waals surface area contributed by atoms with Gasteiger partial charge in [0.15, 0.2) is 0 Å². The van der Waals surface area contributed by atoms with E-state index in [2.05, 4.69) is 46.6 Å². The number of hydrogen-bond donors (Lipinski definition) is 2. The number of aliphatic hydroxyl groups is 1. The van der Waals surface area contributed by atoms with Gasteiger partial charge in [-0.05, 0) is 16.7 Å². The van der Waals surface area contributed by atoms with Crippen molar-refractivity contribution in [3.05, 3.63) is 108 Å². The van der Waals surface area contributed by atoms with Crippen LogP contribution in [0.1, 0.15) is 23.6 Å². The van der Waals surface area contributed by atoms with Crippen LogP contribution in [0.15, 0.2) is 91.0 Å². The summed E-state index contributed by atoms with van der Waals surface area (Å²) >= 11 is 0. The molecule has 1 unspecified atom stereocenters. The molecule has 186 valence electrons. The maximum absolute atomic E-state index is 12.8. The first kappa shape index (κ1) is 24.2. The van der Waals surface area contributed by atoms with Gasteiger partial charge in [-0.15, -0.1) is 0 Å². The number of aliphatic hydroxyl groups excluding tert-OH is 1. The number of nitrogens with one attached hydrogen (secondary N) is 1. The molecule has 2 heterocycles. The molecule has 0 bridgehead atoms. The molecule has 2 saturated heterocycles. The highest BCUT2D eigenvalue weighted by molar-refractivity contribution is 5.97. The van der Waals surface area contributed by atoms with Crippen molar-refractivity contribution >= 4 is 11.9 Å². The Kier molecular flexibility index (Phi) is 6.87. The van der Waals surface area contributed by atoms with Gasteiger partial charge < -0.3 is 9.84 Å². The fourth-order valence-electron chi connectivity index (χ4n) is 5.46. The topological polar surface area (TPSA) is 82.1 Å². The number of ether oxygens (including phenoxy) is 1. The minimum Gasteiger partial charge on any atom is -0.394 e. The quantitative estimate of drug-likeness (QED) is 0.524. The predicted molar refractivity (Wildman–Crippen MR) is 136 cm³/mol. The second-order valence-electron chi connectivity index (χ2n) is 9.46. The summed E-state index contributed by atoms with van der Waals surface area (Å²) in [5, 5.41) is 12.7. The summed E-state index contributed by atoms with van der Waals surface area (Å²) in [5.41, 5.74) is 2.52. The second-order valence-corrected chi connectivity index (χ2v) is 9.46. The van der Waals surface area contributed by atoms with Gasteiger partial charge in [-0.25, -0.2) is 4.79 Å². The first-order chi connectivity index (χ1) is 17.5. The van der Waals surface area contributed by atoms with Crippen molar-refractivity contribution in [2.75, 3.05) is 26.2 Å². The Morgan fingerprint density at radius 3 is 1.81 bits per heavy atom. The molecule has 2 N–H and O–H groups in total. The fraction of sp³-hybridized carbons (Fsp3) is 0.310. The van der Waals surface area contributed by atoms with Gasteiger partial charge in [0.1, 0.15) is 6.23 Å². The highest BCUT2D eigenvalue weighted by Crippen LogP contribution is 2.44. The van der Waals surface area contributed by atoms with Crippen LogP contribution in [0.5, 0.6) is 0 Å². The highest BCUT2D eigenvalue weighted by Gasteiger charge is 2.48. The summed E-state index contributed by atoms with van der Waals surface area (Å²) in [6, 6.07) is 30.4. The molecule has 5 rings (SSSR count). The largest absolute Gasteiger partial charge is 0.394 e. The van der Waals surface area contributed by atoms with Gasteiger partial charge in [-0.1, -0.05) is 97.9 Å². The molecule has 3 aromatic rings. The summed E-state index contributed by atoms with van der Waals surface area (Å²) < 4.78 is 6.22. The van der Waals surface area contributed by atoms with E-state index in [-0.39, 0.29) is 25.0 Å². The minimum atomic E-state index is -0.701. The number of nitrogens with zero attached hydrogens (tertiary/aromatic N) is 2. The van der Waals surface area contributed by atoms with Gasteiger partial charge >= 0.3 is 6.03 Å². The molecular weight excluding hydrogens is 454 g/mol. The van der Waals surface area contributed by atoms with E-state index in [1.807, 2.05) is 54.6 Å². The van der Waals surface area contributed by atoms with E-state index < -0.39 is 23.9 Å². The molecule has 2 aliphatic rings. The van der Waals surface area contributed by atoms with Gasteiger partial charge in [0.2, 0.25) is 5.91 Å². The molecule has 3 atom stereocenters. The van der Waals surface area contributed by atoms with Crippen LogP contribution in [-0.2, 0) is 15.1 Å². The number of hydrogen-bond acceptors (Lipinski definition) is 5. The molecule has 0 radical (unpaired) electrons. The smallest absolute Gasteiger partial charge is 0.326 e. The number of rotatable bonds is 6. The summed E-state index contributed by atoms with van der Waals surface area (Å²) in [6.07, 6.45) is -1.15. The summed E-state index contributed by atoms with van der Waals surface area (Å²) in [4.78, 5) is 28.8. The van der Waals surface area contributed by atoms with Crippen LogP contribution in [0.2, 0.25) is 0 Å². The molecule has 0 aromatic heterocycles. The van der Waals surface area contributed by atoms with Crippen molar-refractivity contribution in [1.82, 2.24) is 15.1 Å². The van der Waals surface area contributed by atoms with E-state index in [0.717, 1.165) is 16.7 Å². The standard InChI is InChI=1S/C29H31N3O4/c1-21-17-32(28(35)30-27(21)34)26-19-31(18-25(20-33)36-26)29(22-11-5-2-6-12-22,23-13-7-3-8-14-23)24-15-9-4-10-16-24/h2-16,21,25-26,33H,17-20H2,1H3,(H,30,34,35)/t21?,25-,26+/m0/s1. The van der Waals surface area contributed by atoms with Crippen molar-refractivity contribution in [3.8, 4) is 0 Å². The average Bonchev–Trinajstić information content (AvgIpc) is 2.93. The van der Waals surface area contributed by atoms with E-state index in [1.165, 1.54) is 0 Å². The first-order valence-corrected chi connectivity index (χ1v) is 12.3. The third kappa shape index (κ3) is 4.30. The Morgan fingerprint density at radius 1 is 0.833 bits per heavy atom. The molecule has 7 nitrogen and oxygen atoms in total. The van der Waals surface area contributed by atoms with Crippen molar-refractivity contribution in [1.29, 1.82) is 0 Å². The van der Waals surface area contributed by atoms with Gasteiger partial charge in [-0.3, -0.25) is 19.9 Å². The van der Waals surface area contributed by atoms with Crippen LogP contribution in [0.3, 0.4) is 0 Å². The van der Waals surface area contributed by atoms with E-state index in [0.29, 0.717) is 13.1 Å². The average molecular weight is 486 g/mol. The molecule has 2 aliphatic heterocycles. The maximum atomic E-state index is 12.8. The van der Waals surface area contributed by atoms with Crippen LogP contribution in [0, 0.1) is 5.92 Å². The highest BCUT2D eigenvalue weighted by atomic mass is 16.5. The van der Waals surface area contributed by atoms with Gasteiger partial charge in [0.25, 0.3) is 0 Å². The molecule has 7 heteroatoms. The zero-order valence-electron chi connectivity index (χ0n) is 20.3. The van der Waals surface area contributed by atoms with Crippen LogP contribution in [0.4, 0.5) is 4.79 Å². The Morgan fingerprint density at radius 2 is 1.33 bits per heavy atom. The summed E-state index contributed by atoms with van der Waals surface area (Å²) in [6.45, 7) is 2.71. The maximum Gasteiger partial charge on any atom is 0.326 e. The van der Waals surface area contributed by atoms with Gasteiger partial charge in [-0.2, -0.15) is 0 Å². The molecule has 0 saturated carbocycles. The van der Waals surface area contributed by atoms with Gasteiger partial charge in [0, 0.05) is 19.6 Å². The number of carbonyl (C=O) groups is 2. The molecular formula is C29H31N3O4. The number of carbonyl (C=O) groups excluding carboxylic acids is 2. The van der Waals surface area contributed by atoms with Crippen LogP contribution in [0.25, 0.3) is 0 Å².